The van der Waals surface area contributed by atoms with Crippen molar-refractivity contribution in [3.05, 3.63) is 34.3 Å². The Kier molecular flexibility index (Phi) is 6.39. The Labute approximate surface area is 126 Å². The number of hydrogen-bond donors (Lipinski definition) is 1. The molecule has 1 atom stereocenters. The first-order valence-electron chi connectivity index (χ1n) is 7.77. The average Bonchev–Trinajstić information content (AvgIpc) is 2.45. The summed E-state index contributed by atoms with van der Waals surface area (Å²) in [7, 11) is 0. The summed E-state index contributed by atoms with van der Waals surface area (Å²) in [4.78, 5) is 0. The van der Waals surface area contributed by atoms with Crippen LogP contribution < -0.4 is 5.32 Å². The van der Waals surface area contributed by atoms with Gasteiger partial charge in [0, 0.05) is 11.0 Å². The lowest BCUT2D eigenvalue weighted by Gasteiger charge is -2.31. The van der Waals surface area contributed by atoms with E-state index in [-0.39, 0.29) is 0 Å². The fourth-order valence-corrected chi connectivity index (χ4v) is 3.68. The normalized spacial score (nSPS) is 18.4. The van der Waals surface area contributed by atoms with E-state index in [0.29, 0.717) is 5.92 Å². The zero-order valence-electron chi connectivity index (χ0n) is 12.0. The lowest BCUT2D eigenvalue weighted by molar-refractivity contribution is 0.297. The number of rotatable bonds is 6. The largest absolute Gasteiger partial charge is 0.316 e. The van der Waals surface area contributed by atoms with E-state index in [1.165, 1.54) is 48.6 Å². The summed E-state index contributed by atoms with van der Waals surface area (Å²) >= 11 is 3.62. The molecule has 0 heterocycles. The predicted molar refractivity (Wildman–Crippen MR) is 86.6 cm³/mol. The molecule has 2 heteroatoms. The summed E-state index contributed by atoms with van der Waals surface area (Å²) in [6, 6.07) is 8.92. The van der Waals surface area contributed by atoms with Gasteiger partial charge in [-0.3, -0.25) is 0 Å². The molecule has 0 bridgehead atoms. The highest BCUT2D eigenvalue weighted by Crippen LogP contribution is 2.36. The second kappa shape index (κ2) is 8.06. The van der Waals surface area contributed by atoms with Crippen LogP contribution in [0.1, 0.15) is 56.9 Å². The van der Waals surface area contributed by atoms with Crippen molar-refractivity contribution in [3.63, 3.8) is 0 Å². The predicted octanol–water partition coefficient (Wildman–Crippen LogP) is 5.11. The first kappa shape index (κ1) is 15.1. The monoisotopic (exact) mass is 323 g/mol. The van der Waals surface area contributed by atoms with Crippen LogP contribution in [0.5, 0.6) is 0 Å². The van der Waals surface area contributed by atoms with Gasteiger partial charge in [-0.25, -0.2) is 0 Å². The van der Waals surface area contributed by atoms with E-state index >= 15 is 0 Å². The quantitative estimate of drug-likeness (QED) is 0.717. The number of hydrogen-bond acceptors (Lipinski definition) is 1. The molecule has 19 heavy (non-hydrogen) atoms. The Morgan fingerprint density at radius 3 is 2.74 bits per heavy atom. The molecule has 0 radical (unpaired) electrons. The Morgan fingerprint density at radius 1 is 1.26 bits per heavy atom. The van der Waals surface area contributed by atoms with Crippen molar-refractivity contribution in [1.29, 1.82) is 0 Å². The Morgan fingerprint density at radius 2 is 2.05 bits per heavy atom. The van der Waals surface area contributed by atoms with Crippen molar-refractivity contribution in [1.82, 2.24) is 5.32 Å². The highest BCUT2D eigenvalue weighted by atomic mass is 79.9. The summed E-state index contributed by atoms with van der Waals surface area (Å²) in [5, 5.41) is 3.64. The first-order valence-corrected chi connectivity index (χ1v) is 8.56. The van der Waals surface area contributed by atoms with Crippen LogP contribution in [-0.4, -0.2) is 13.1 Å². The topological polar surface area (TPSA) is 12.0 Å². The maximum Gasteiger partial charge on any atom is 0.0178 e. The van der Waals surface area contributed by atoms with Crippen molar-refractivity contribution in [2.75, 3.05) is 13.1 Å². The minimum Gasteiger partial charge on any atom is -0.316 e. The van der Waals surface area contributed by atoms with Gasteiger partial charge in [0.1, 0.15) is 0 Å². The molecule has 2 rings (SSSR count). The zero-order valence-corrected chi connectivity index (χ0v) is 13.6. The molecule has 1 aliphatic rings. The SMILES string of the molecule is CCCNCC(c1cccc(Br)c1)C1CCCCC1. The second-order valence-electron chi connectivity index (χ2n) is 5.76. The molecule has 1 saturated carbocycles. The molecule has 1 N–H and O–H groups in total. The van der Waals surface area contributed by atoms with E-state index in [1.807, 2.05) is 0 Å². The molecule has 1 aliphatic carbocycles. The Bertz CT molecular complexity index is 371. The van der Waals surface area contributed by atoms with Gasteiger partial charge in [0.15, 0.2) is 0 Å². The average molecular weight is 324 g/mol. The lowest BCUT2D eigenvalue weighted by atomic mass is 9.77. The summed E-state index contributed by atoms with van der Waals surface area (Å²) < 4.78 is 1.21. The van der Waals surface area contributed by atoms with Crippen LogP contribution in [0.2, 0.25) is 0 Å². The van der Waals surface area contributed by atoms with Gasteiger partial charge in [-0.1, -0.05) is 54.2 Å². The van der Waals surface area contributed by atoms with Crippen molar-refractivity contribution in [2.45, 2.75) is 51.4 Å². The van der Waals surface area contributed by atoms with E-state index in [0.717, 1.165) is 19.0 Å². The van der Waals surface area contributed by atoms with Crippen molar-refractivity contribution < 1.29 is 0 Å². The van der Waals surface area contributed by atoms with Crippen molar-refractivity contribution in [3.8, 4) is 0 Å². The third-order valence-electron chi connectivity index (χ3n) is 4.29. The Balaban J connectivity index is 2.08. The third kappa shape index (κ3) is 4.61. The van der Waals surface area contributed by atoms with Crippen LogP contribution >= 0.6 is 15.9 Å². The van der Waals surface area contributed by atoms with Crippen LogP contribution in [-0.2, 0) is 0 Å². The van der Waals surface area contributed by atoms with Gasteiger partial charge in [0.05, 0.1) is 0 Å². The van der Waals surface area contributed by atoms with Crippen LogP contribution in [0.3, 0.4) is 0 Å². The van der Waals surface area contributed by atoms with Crippen LogP contribution in [0.15, 0.2) is 28.7 Å². The third-order valence-corrected chi connectivity index (χ3v) is 4.78. The minimum atomic E-state index is 0.685. The zero-order chi connectivity index (χ0) is 13.5. The highest BCUT2D eigenvalue weighted by Gasteiger charge is 2.24. The van der Waals surface area contributed by atoms with Gasteiger partial charge in [-0.15, -0.1) is 0 Å². The fourth-order valence-electron chi connectivity index (χ4n) is 3.26. The van der Waals surface area contributed by atoms with Gasteiger partial charge >= 0.3 is 0 Å². The van der Waals surface area contributed by atoms with Crippen LogP contribution in [0.25, 0.3) is 0 Å². The molecule has 0 aliphatic heterocycles. The second-order valence-corrected chi connectivity index (χ2v) is 6.68. The van der Waals surface area contributed by atoms with Gasteiger partial charge in [0.25, 0.3) is 0 Å². The molecule has 0 spiro atoms. The van der Waals surface area contributed by atoms with Gasteiger partial charge < -0.3 is 5.32 Å². The lowest BCUT2D eigenvalue weighted by Crippen LogP contribution is -2.28. The summed E-state index contributed by atoms with van der Waals surface area (Å²) in [5.41, 5.74) is 1.50. The molecular formula is C17H26BrN. The number of halogens is 1. The van der Waals surface area contributed by atoms with E-state index in [4.69, 9.17) is 0 Å². The molecule has 0 aromatic heterocycles. The maximum atomic E-state index is 3.64. The van der Waals surface area contributed by atoms with Crippen molar-refractivity contribution >= 4 is 15.9 Å². The molecular weight excluding hydrogens is 298 g/mol. The summed E-state index contributed by atoms with van der Waals surface area (Å²) in [6.07, 6.45) is 8.31. The number of benzene rings is 1. The fraction of sp³-hybridized carbons (Fsp3) is 0.647. The minimum absolute atomic E-state index is 0.685. The van der Waals surface area contributed by atoms with E-state index in [9.17, 15) is 0 Å². The van der Waals surface area contributed by atoms with Crippen molar-refractivity contribution in [2.24, 2.45) is 5.92 Å². The molecule has 0 amide bonds. The number of nitrogens with one attached hydrogen (secondary N) is 1. The summed E-state index contributed by atoms with van der Waals surface area (Å²) in [6.45, 7) is 4.51. The maximum absolute atomic E-state index is 3.64. The molecule has 106 valence electrons. The van der Waals surface area contributed by atoms with E-state index in [1.54, 1.807) is 0 Å². The summed E-state index contributed by atoms with van der Waals surface area (Å²) in [5.74, 6) is 1.55. The highest BCUT2D eigenvalue weighted by molar-refractivity contribution is 9.10. The molecule has 1 aromatic rings. The molecule has 1 fully saturated rings. The molecule has 1 unspecified atom stereocenters. The van der Waals surface area contributed by atoms with Crippen LogP contribution in [0, 0.1) is 5.92 Å². The van der Waals surface area contributed by atoms with E-state index in [2.05, 4.69) is 52.4 Å². The van der Waals surface area contributed by atoms with E-state index < -0.39 is 0 Å². The standard InChI is InChI=1S/C17H26BrN/c1-2-11-19-13-17(14-7-4-3-5-8-14)15-9-6-10-16(18)12-15/h6,9-10,12,14,17,19H,2-5,7-8,11,13H2,1H3. The smallest absolute Gasteiger partial charge is 0.0178 e. The Hall–Kier alpha value is -0.340. The molecule has 0 saturated heterocycles. The van der Waals surface area contributed by atoms with Gasteiger partial charge in [-0.2, -0.15) is 0 Å². The molecule has 1 aromatic carbocycles. The van der Waals surface area contributed by atoms with Gasteiger partial charge in [-0.05, 0) is 55.3 Å². The molecule has 1 nitrogen and oxygen atoms in total. The van der Waals surface area contributed by atoms with Gasteiger partial charge in [0.2, 0.25) is 0 Å². The first-order chi connectivity index (χ1) is 9.31. The van der Waals surface area contributed by atoms with Crippen LogP contribution in [0.4, 0.5) is 0 Å².